The van der Waals surface area contributed by atoms with Crippen molar-refractivity contribution in [2.24, 2.45) is 0 Å². The van der Waals surface area contributed by atoms with Crippen molar-refractivity contribution in [3.63, 3.8) is 0 Å². The third-order valence-electron chi connectivity index (χ3n) is 1.68. The van der Waals surface area contributed by atoms with Crippen LogP contribution in [-0.2, 0) is 6.54 Å². The van der Waals surface area contributed by atoms with Crippen molar-refractivity contribution >= 4 is 11.3 Å². The van der Waals surface area contributed by atoms with E-state index in [0.29, 0.717) is 0 Å². The summed E-state index contributed by atoms with van der Waals surface area (Å²) < 4.78 is 0. The molecule has 0 saturated heterocycles. The molecule has 1 aromatic heterocycles. The molecular formula is C8H15N3S. The van der Waals surface area contributed by atoms with Gasteiger partial charge in [0.15, 0.2) is 0 Å². The van der Waals surface area contributed by atoms with Gasteiger partial charge in [0.2, 0.25) is 0 Å². The predicted octanol–water partition coefficient (Wildman–Crippen LogP) is 0.761. The molecule has 12 heavy (non-hydrogen) atoms. The van der Waals surface area contributed by atoms with Crippen LogP contribution in [0, 0.1) is 6.92 Å². The fourth-order valence-electron chi connectivity index (χ4n) is 0.911. The highest BCUT2D eigenvalue weighted by molar-refractivity contribution is 7.09. The van der Waals surface area contributed by atoms with Gasteiger partial charge in [-0.25, -0.2) is 4.98 Å². The van der Waals surface area contributed by atoms with Gasteiger partial charge in [-0.15, -0.1) is 11.3 Å². The molecule has 0 bridgehead atoms. The van der Waals surface area contributed by atoms with E-state index in [1.807, 2.05) is 19.5 Å². The van der Waals surface area contributed by atoms with Gasteiger partial charge in [0, 0.05) is 24.5 Å². The minimum atomic E-state index is 0.943. The number of thiazole rings is 1. The lowest BCUT2D eigenvalue weighted by atomic mass is 10.4. The van der Waals surface area contributed by atoms with Gasteiger partial charge in [-0.1, -0.05) is 0 Å². The van der Waals surface area contributed by atoms with E-state index in [4.69, 9.17) is 0 Å². The van der Waals surface area contributed by atoms with Gasteiger partial charge in [0.1, 0.15) is 0 Å². The van der Waals surface area contributed by atoms with Gasteiger partial charge in [0.05, 0.1) is 11.2 Å². The van der Waals surface area contributed by atoms with Gasteiger partial charge in [-0.05, 0) is 14.0 Å². The van der Waals surface area contributed by atoms with E-state index >= 15 is 0 Å². The third kappa shape index (κ3) is 2.89. The standard InChI is InChI=1S/C8H15N3S/c1-7-8(12-6-11-7)5-10-4-3-9-2/h6,9-10H,3-5H2,1-2H3. The average Bonchev–Trinajstić information content (AvgIpc) is 2.46. The van der Waals surface area contributed by atoms with E-state index in [1.54, 1.807) is 11.3 Å². The Morgan fingerprint density at radius 3 is 2.92 bits per heavy atom. The maximum absolute atomic E-state index is 4.18. The van der Waals surface area contributed by atoms with Crippen LogP contribution in [0.5, 0.6) is 0 Å². The molecule has 4 heteroatoms. The zero-order chi connectivity index (χ0) is 8.81. The first-order valence-electron chi connectivity index (χ1n) is 4.09. The number of aromatic nitrogens is 1. The molecule has 0 aliphatic heterocycles. The lowest BCUT2D eigenvalue weighted by Crippen LogP contribution is -2.24. The fourth-order valence-corrected chi connectivity index (χ4v) is 1.66. The molecule has 0 atom stereocenters. The van der Waals surface area contributed by atoms with E-state index in [9.17, 15) is 0 Å². The van der Waals surface area contributed by atoms with Crippen LogP contribution in [0.1, 0.15) is 10.6 Å². The second kappa shape index (κ2) is 5.24. The van der Waals surface area contributed by atoms with Crippen LogP contribution in [0.15, 0.2) is 5.51 Å². The summed E-state index contributed by atoms with van der Waals surface area (Å²) in [6, 6.07) is 0. The molecule has 0 aromatic carbocycles. The molecule has 1 heterocycles. The molecule has 0 spiro atoms. The van der Waals surface area contributed by atoms with Gasteiger partial charge >= 0.3 is 0 Å². The topological polar surface area (TPSA) is 37.0 Å². The Bertz CT molecular complexity index is 222. The van der Waals surface area contributed by atoms with Gasteiger partial charge in [-0.3, -0.25) is 0 Å². The van der Waals surface area contributed by atoms with Crippen LogP contribution in [0.2, 0.25) is 0 Å². The molecule has 68 valence electrons. The minimum Gasteiger partial charge on any atom is -0.318 e. The monoisotopic (exact) mass is 185 g/mol. The molecule has 2 N–H and O–H groups in total. The number of likely N-dealkylation sites (N-methyl/N-ethyl adjacent to an activating group) is 1. The van der Waals surface area contributed by atoms with Crippen molar-refractivity contribution < 1.29 is 0 Å². The number of nitrogens with one attached hydrogen (secondary N) is 2. The molecule has 0 saturated carbocycles. The first-order valence-corrected chi connectivity index (χ1v) is 4.97. The van der Waals surface area contributed by atoms with Crippen LogP contribution in [-0.4, -0.2) is 25.1 Å². The van der Waals surface area contributed by atoms with E-state index in [-0.39, 0.29) is 0 Å². The van der Waals surface area contributed by atoms with Gasteiger partial charge in [0.25, 0.3) is 0 Å². The molecule has 0 radical (unpaired) electrons. The Morgan fingerprint density at radius 2 is 2.33 bits per heavy atom. The summed E-state index contributed by atoms with van der Waals surface area (Å²) in [5, 5.41) is 6.43. The summed E-state index contributed by atoms with van der Waals surface area (Å²) >= 11 is 1.71. The lowest BCUT2D eigenvalue weighted by molar-refractivity contribution is 0.653. The zero-order valence-corrected chi connectivity index (χ0v) is 8.37. The zero-order valence-electron chi connectivity index (χ0n) is 7.55. The van der Waals surface area contributed by atoms with Crippen LogP contribution < -0.4 is 10.6 Å². The first kappa shape index (κ1) is 9.64. The van der Waals surface area contributed by atoms with Crippen molar-refractivity contribution in [2.75, 3.05) is 20.1 Å². The molecule has 3 nitrogen and oxygen atoms in total. The molecule has 0 amide bonds. The second-order valence-corrected chi connectivity index (χ2v) is 3.58. The maximum atomic E-state index is 4.18. The normalized spacial score (nSPS) is 10.5. The van der Waals surface area contributed by atoms with Crippen molar-refractivity contribution in [3.8, 4) is 0 Å². The SMILES string of the molecule is CNCCNCc1scnc1C. The van der Waals surface area contributed by atoms with Crippen molar-refractivity contribution in [2.45, 2.75) is 13.5 Å². The Labute approximate surface area is 77.2 Å². The summed E-state index contributed by atoms with van der Waals surface area (Å²) in [6.07, 6.45) is 0. The minimum absolute atomic E-state index is 0.943. The third-order valence-corrected chi connectivity index (χ3v) is 2.62. The highest BCUT2D eigenvalue weighted by atomic mass is 32.1. The predicted molar refractivity (Wildman–Crippen MR) is 52.5 cm³/mol. The van der Waals surface area contributed by atoms with Crippen LogP contribution in [0.25, 0.3) is 0 Å². The Balaban J connectivity index is 2.20. The van der Waals surface area contributed by atoms with Gasteiger partial charge in [-0.2, -0.15) is 0 Å². The quantitative estimate of drug-likeness (QED) is 0.665. The molecule has 0 fully saturated rings. The van der Waals surface area contributed by atoms with Crippen LogP contribution >= 0.6 is 11.3 Å². The van der Waals surface area contributed by atoms with Crippen molar-refractivity contribution in [1.29, 1.82) is 0 Å². The number of hydrogen-bond donors (Lipinski definition) is 2. The van der Waals surface area contributed by atoms with E-state index < -0.39 is 0 Å². The number of nitrogens with zero attached hydrogens (tertiary/aromatic N) is 1. The Kier molecular flexibility index (Phi) is 4.21. The first-order chi connectivity index (χ1) is 5.84. The summed E-state index contributed by atoms with van der Waals surface area (Å²) in [6.45, 7) is 5.01. The number of rotatable bonds is 5. The van der Waals surface area contributed by atoms with E-state index in [0.717, 1.165) is 25.3 Å². The fraction of sp³-hybridized carbons (Fsp3) is 0.625. The summed E-state index contributed by atoms with van der Waals surface area (Å²) in [4.78, 5) is 5.52. The smallest absolute Gasteiger partial charge is 0.0798 e. The second-order valence-electron chi connectivity index (χ2n) is 2.64. The number of hydrogen-bond acceptors (Lipinski definition) is 4. The van der Waals surface area contributed by atoms with Crippen LogP contribution in [0.3, 0.4) is 0 Å². The number of aryl methyl sites for hydroxylation is 1. The molecule has 1 aromatic rings. The van der Waals surface area contributed by atoms with Crippen molar-refractivity contribution in [1.82, 2.24) is 15.6 Å². The maximum Gasteiger partial charge on any atom is 0.0798 e. The van der Waals surface area contributed by atoms with E-state index in [1.165, 1.54) is 4.88 Å². The lowest BCUT2D eigenvalue weighted by Gasteiger charge is -2.01. The van der Waals surface area contributed by atoms with E-state index in [2.05, 4.69) is 15.6 Å². The molecule has 1 rings (SSSR count). The highest BCUT2D eigenvalue weighted by Crippen LogP contribution is 2.10. The molecule has 0 aliphatic carbocycles. The van der Waals surface area contributed by atoms with Gasteiger partial charge < -0.3 is 10.6 Å². The molecule has 0 aliphatic rings. The highest BCUT2D eigenvalue weighted by Gasteiger charge is 1.98. The Hall–Kier alpha value is -0.450. The molecular weight excluding hydrogens is 170 g/mol. The summed E-state index contributed by atoms with van der Waals surface area (Å²) in [7, 11) is 1.96. The van der Waals surface area contributed by atoms with Crippen LogP contribution in [0.4, 0.5) is 0 Å². The Morgan fingerprint density at radius 1 is 1.50 bits per heavy atom. The van der Waals surface area contributed by atoms with Crippen molar-refractivity contribution in [3.05, 3.63) is 16.1 Å². The summed E-state index contributed by atoms with van der Waals surface area (Å²) in [5.41, 5.74) is 3.04. The summed E-state index contributed by atoms with van der Waals surface area (Å²) in [5.74, 6) is 0. The molecule has 0 unspecified atom stereocenters. The average molecular weight is 185 g/mol. The largest absolute Gasteiger partial charge is 0.318 e.